The van der Waals surface area contributed by atoms with Gasteiger partial charge in [0.25, 0.3) is 0 Å². The number of hydrogen-bond acceptors (Lipinski definition) is 2. The molecule has 0 saturated carbocycles. The molecule has 6 heteroatoms. The van der Waals surface area contributed by atoms with Crippen LogP contribution >= 0.6 is 0 Å². The lowest BCUT2D eigenvalue weighted by Crippen LogP contribution is -2.10. The topological polar surface area (TPSA) is 74.6 Å². The van der Waals surface area contributed by atoms with Crippen LogP contribution in [0.15, 0.2) is 48.5 Å². The Hall–Kier alpha value is -3.02. The normalized spacial score (nSPS) is 11.7. The highest BCUT2D eigenvalue weighted by Crippen LogP contribution is 2.28. The van der Waals surface area contributed by atoms with E-state index in [2.05, 4.69) is 0 Å². The second-order valence-electron chi connectivity index (χ2n) is 4.38. The van der Waals surface area contributed by atoms with E-state index in [0.717, 1.165) is 24.3 Å². The monoisotopic (exact) mass is 304 g/mol. The summed E-state index contributed by atoms with van der Waals surface area (Å²) < 4.78 is 26.6. The summed E-state index contributed by atoms with van der Waals surface area (Å²) in [4.78, 5) is 23.0. The van der Waals surface area contributed by atoms with Crippen molar-refractivity contribution < 1.29 is 28.6 Å². The van der Waals surface area contributed by atoms with Crippen molar-refractivity contribution in [1.82, 2.24) is 0 Å². The lowest BCUT2D eigenvalue weighted by molar-refractivity contribution is -0.132. The first-order valence-corrected chi connectivity index (χ1v) is 6.13. The average molecular weight is 304 g/mol. The molecule has 0 unspecified atom stereocenters. The Bertz CT molecular complexity index is 716. The molecule has 0 saturated heterocycles. The second kappa shape index (κ2) is 6.17. The summed E-state index contributed by atoms with van der Waals surface area (Å²) in [5, 5.41) is 18.7. The molecule has 2 N–H and O–H groups in total. The Kier molecular flexibility index (Phi) is 4.31. The summed E-state index contributed by atoms with van der Waals surface area (Å²) in [6.07, 6.45) is 0. The van der Waals surface area contributed by atoms with Crippen molar-refractivity contribution in [2.24, 2.45) is 0 Å². The molecule has 0 aliphatic carbocycles. The van der Waals surface area contributed by atoms with Gasteiger partial charge < -0.3 is 10.2 Å². The number of halogens is 2. The van der Waals surface area contributed by atoms with E-state index in [1.54, 1.807) is 0 Å². The quantitative estimate of drug-likeness (QED) is 0.672. The fraction of sp³-hybridized carbons (Fsp3) is 0. The lowest BCUT2D eigenvalue weighted by atomic mass is 9.94. The van der Waals surface area contributed by atoms with Gasteiger partial charge in [-0.25, -0.2) is 18.4 Å². The summed E-state index contributed by atoms with van der Waals surface area (Å²) in [7, 11) is 0. The molecule has 0 radical (unpaired) electrons. The molecule has 4 nitrogen and oxygen atoms in total. The maximum Gasteiger partial charge on any atom is 0.337 e. The van der Waals surface area contributed by atoms with Crippen LogP contribution in [0.25, 0.3) is 11.1 Å². The first kappa shape index (κ1) is 15.4. The number of carboxylic acids is 2. The van der Waals surface area contributed by atoms with Gasteiger partial charge in [-0.1, -0.05) is 24.3 Å². The molecule has 0 heterocycles. The van der Waals surface area contributed by atoms with Crippen molar-refractivity contribution in [3.05, 3.63) is 71.3 Å². The Balaban J connectivity index is 2.79. The van der Waals surface area contributed by atoms with Crippen LogP contribution in [0.3, 0.4) is 0 Å². The standard InChI is InChI=1S/C16H10F2O4/c17-11-5-1-3-9(7-11)13(15(19)20)14(16(21)22)10-4-2-6-12(18)8-10/h1-8H,(H,19,20)(H,21,22)/b14-13-. The number of carboxylic acid groups (broad SMARTS) is 2. The van der Waals surface area contributed by atoms with Crippen molar-refractivity contribution >= 4 is 23.1 Å². The van der Waals surface area contributed by atoms with E-state index in [4.69, 9.17) is 0 Å². The molecule has 2 aromatic carbocycles. The molecular formula is C16H10F2O4. The van der Waals surface area contributed by atoms with E-state index < -0.39 is 34.7 Å². The van der Waals surface area contributed by atoms with Crippen LogP contribution in [-0.4, -0.2) is 22.2 Å². The largest absolute Gasteiger partial charge is 0.478 e. The van der Waals surface area contributed by atoms with Gasteiger partial charge in [-0.3, -0.25) is 0 Å². The summed E-state index contributed by atoms with van der Waals surface area (Å²) >= 11 is 0. The zero-order valence-corrected chi connectivity index (χ0v) is 11.1. The minimum Gasteiger partial charge on any atom is -0.478 e. The van der Waals surface area contributed by atoms with Gasteiger partial charge in [0.15, 0.2) is 0 Å². The molecule has 0 aliphatic rings. The Labute approximate surface area is 124 Å². The molecule has 2 aromatic rings. The number of aliphatic carboxylic acids is 2. The van der Waals surface area contributed by atoms with E-state index in [9.17, 15) is 28.6 Å². The van der Waals surface area contributed by atoms with E-state index in [-0.39, 0.29) is 11.1 Å². The number of benzene rings is 2. The fourth-order valence-electron chi connectivity index (χ4n) is 2.04. The van der Waals surface area contributed by atoms with Gasteiger partial charge in [0, 0.05) is 0 Å². The summed E-state index contributed by atoms with van der Waals surface area (Å²) in [6.45, 7) is 0. The smallest absolute Gasteiger partial charge is 0.337 e. The fourth-order valence-corrected chi connectivity index (χ4v) is 2.04. The summed E-state index contributed by atoms with van der Waals surface area (Å²) in [6, 6.07) is 9.09. The third-order valence-electron chi connectivity index (χ3n) is 2.90. The lowest BCUT2D eigenvalue weighted by Gasteiger charge is -2.10. The molecule has 2 rings (SSSR count). The number of carbonyl (C=O) groups is 2. The Morgan fingerprint density at radius 1 is 0.727 bits per heavy atom. The van der Waals surface area contributed by atoms with E-state index in [1.807, 2.05) is 0 Å². The minimum absolute atomic E-state index is 0.117. The van der Waals surface area contributed by atoms with Crippen molar-refractivity contribution in [3.8, 4) is 0 Å². The molecule has 0 aliphatic heterocycles. The Morgan fingerprint density at radius 2 is 1.09 bits per heavy atom. The van der Waals surface area contributed by atoms with Gasteiger partial charge in [0.2, 0.25) is 0 Å². The third-order valence-corrected chi connectivity index (χ3v) is 2.90. The molecule has 112 valence electrons. The van der Waals surface area contributed by atoms with E-state index in [0.29, 0.717) is 0 Å². The predicted molar refractivity (Wildman–Crippen MR) is 74.9 cm³/mol. The molecule has 0 fully saturated rings. The van der Waals surface area contributed by atoms with Gasteiger partial charge in [-0.15, -0.1) is 0 Å². The van der Waals surface area contributed by atoms with Gasteiger partial charge in [0.05, 0.1) is 11.1 Å². The first-order chi connectivity index (χ1) is 10.4. The van der Waals surface area contributed by atoms with Crippen LogP contribution < -0.4 is 0 Å². The zero-order valence-electron chi connectivity index (χ0n) is 11.1. The van der Waals surface area contributed by atoms with Crippen LogP contribution in [0.5, 0.6) is 0 Å². The van der Waals surface area contributed by atoms with Gasteiger partial charge in [-0.2, -0.15) is 0 Å². The number of rotatable bonds is 4. The van der Waals surface area contributed by atoms with Crippen molar-refractivity contribution in [1.29, 1.82) is 0 Å². The van der Waals surface area contributed by atoms with Crippen molar-refractivity contribution in [3.63, 3.8) is 0 Å². The molecule has 0 bridgehead atoms. The van der Waals surface area contributed by atoms with Crippen molar-refractivity contribution in [2.75, 3.05) is 0 Å². The molecule has 0 amide bonds. The van der Waals surface area contributed by atoms with Gasteiger partial charge in [0.1, 0.15) is 11.6 Å². The minimum atomic E-state index is -1.55. The van der Waals surface area contributed by atoms with E-state index in [1.165, 1.54) is 24.3 Å². The highest BCUT2D eigenvalue weighted by molar-refractivity contribution is 6.36. The third kappa shape index (κ3) is 3.17. The molecule has 0 spiro atoms. The van der Waals surface area contributed by atoms with Gasteiger partial charge >= 0.3 is 11.9 Å². The maximum atomic E-state index is 13.3. The molecule has 0 aromatic heterocycles. The second-order valence-corrected chi connectivity index (χ2v) is 4.38. The van der Waals surface area contributed by atoms with Crippen LogP contribution in [0.1, 0.15) is 11.1 Å². The summed E-state index contributed by atoms with van der Waals surface area (Å²) in [5.41, 5.74) is -1.46. The van der Waals surface area contributed by atoms with Crippen LogP contribution in [0, 0.1) is 11.6 Å². The number of hydrogen-bond donors (Lipinski definition) is 2. The van der Waals surface area contributed by atoms with Crippen molar-refractivity contribution in [2.45, 2.75) is 0 Å². The highest BCUT2D eigenvalue weighted by atomic mass is 19.1. The SMILES string of the molecule is O=C(O)/C(=C(\C(=O)O)c1cccc(F)c1)c1cccc(F)c1. The van der Waals surface area contributed by atoms with Crippen LogP contribution in [-0.2, 0) is 9.59 Å². The van der Waals surface area contributed by atoms with Crippen LogP contribution in [0.4, 0.5) is 8.78 Å². The average Bonchev–Trinajstić information content (AvgIpc) is 2.43. The predicted octanol–water partition coefficient (Wildman–Crippen LogP) is 3.04. The van der Waals surface area contributed by atoms with E-state index >= 15 is 0 Å². The maximum absolute atomic E-state index is 13.3. The highest BCUT2D eigenvalue weighted by Gasteiger charge is 2.24. The zero-order chi connectivity index (χ0) is 16.3. The van der Waals surface area contributed by atoms with Gasteiger partial charge in [-0.05, 0) is 35.4 Å². The molecule has 0 atom stereocenters. The first-order valence-electron chi connectivity index (χ1n) is 6.13. The van der Waals surface area contributed by atoms with Crippen LogP contribution in [0.2, 0.25) is 0 Å². The molecular weight excluding hydrogens is 294 g/mol. The Morgan fingerprint density at radius 3 is 1.36 bits per heavy atom. The summed E-state index contributed by atoms with van der Waals surface area (Å²) in [5.74, 6) is -4.51. The molecule has 22 heavy (non-hydrogen) atoms.